The summed E-state index contributed by atoms with van der Waals surface area (Å²) in [6.45, 7) is 3.35. The minimum absolute atomic E-state index is 0.239. The van der Waals surface area contributed by atoms with Crippen LogP contribution in [-0.2, 0) is 14.6 Å². The van der Waals surface area contributed by atoms with Crippen molar-refractivity contribution in [3.8, 4) is 0 Å². The molecular formula is C25H23Cl2N3O3S2. The van der Waals surface area contributed by atoms with Gasteiger partial charge in [0.2, 0.25) is 0 Å². The standard InChI is InChI=1S/C25H23Cl2N3O3S2/c1-25(2,35(4,32)33)16-5-10-20-15(11-16)12-21(34-20)24(31)28-18-13-22(27)29-23(14-18)30(3)19-8-6-17(26)7-9-19/h5-14H,1-4H3,(H,28,29,31). The molecule has 10 heteroatoms. The normalized spacial score (nSPS) is 12.1. The fourth-order valence-corrected chi connectivity index (χ4v) is 5.28. The SMILES string of the molecule is CN(c1ccc(Cl)cc1)c1cc(NC(=O)c2cc3cc(C(C)(C)S(C)(=O)=O)ccc3s2)cc(Cl)n1. The van der Waals surface area contributed by atoms with Crippen molar-refractivity contribution < 1.29 is 13.2 Å². The van der Waals surface area contributed by atoms with E-state index in [1.165, 1.54) is 17.6 Å². The highest BCUT2D eigenvalue weighted by Crippen LogP contribution is 2.34. The molecule has 4 aromatic rings. The Morgan fingerprint density at radius 1 is 1.03 bits per heavy atom. The van der Waals surface area contributed by atoms with Crippen LogP contribution in [0.25, 0.3) is 10.1 Å². The van der Waals surface area contributed by atoms with Crippen LogP contribution in [-0.4, -0.2) is 32.6 Å². The van der Waals surface area contributed by atoms with Gasteiger partial charge in [0.1, 0.15) is 11.0 Å². The van der Waals surface area contributed by atoms with E-state index in [0.717, 1.165) is 15.8 Å². The number of nitrogens with one attached hydrogen (secondary N) is 1. The predicted octanol–water partition coefficient (Wildman–Crippen LogP) is 6.90. The van der Waals surface area contributed by atoms with Crippen LogP contribution in [0, 0.1) is 0 Å². The summed E-state index contributed by atoms with van der Waals surface area (Å²) in [6, 6.07) is 17.8. The van der Waals surface area contributed by atoms with Crippen molar-refractivity contribution in [1.29, 1.82) is 0 Å². The first-order chi connectivity index (χ1) is 16.3. The van der Waals surface area contributed by atoms with Crippen LogP contribution in [0.2, 0.25) is 10.2 Å². The molecule has 0 unspecified atom stereocenters. The Labute approximate surface area is 218 Å². The second-order valence-electron chi connectivity index (χ2n) is 8.67. The summed E-state index contributed by atoms with van der Waals surface area (Å²) in [5.41, 5.74) is 2.04. The minimum atomic E-state index is -3.32. The van der Waals surface area contributed by atoms with Crippen LogP contribution in [0.1, 0.15) is 29.1 Å². The molecule has 1 N–H and O–H groups in total. The molecule has 0 fully saturated rings. The van der Waals surface area contributed by atoms with Crippen LogP contribution in [0.5, 0.6) is 0 Å². The van der Waals surface area contributed by atoms with E-state index in [9.17, 15) is 13.2 Å². The maximum atomic E-state index is 13.0. The lowest BCUT2D eigenvalue weighted by Crippen LogP contribution is -2.27. The summed E-state index contributed by atoms with van der Waals surface area (Å²) < 4.78 is 24.3. The molecule has 0 radical (unpaired) electrons. The Bertz CT molecular complexity index is 1530. The average Bonchev–Trinajstić information content (AvgIpc) is 3.21. The first-order valence-corrected chi connectivity index (χ1v) is 14.0. The zero-order valence-corrected chi connectivity index (χ0v) is 22.6. The van der Waals surface area contributed by atoms with Crippen molar-refractivity contribution in [3.05, 3.63) is 81.3 Å². The van der Waals surface area contributed by atoms with Crippen LogP contribution in [0.4, 0.5) is 17.2 Å². The number of rotatable bonds is 6. The van der Waals surface area contributed by atoms with Crippen molar-refractivity contribution in [2.45, 2.75) is 18.6 Å². The molecule has 0 bridgehead atoms. The van der Waals surface area contributed by atoms with Gasteiger partial charge in [0.05, 0.1) is 9.62 Å². The highest BCUT2D eigenvalue weighted by Gasteiger charge is 2.32. The van der Waals surface area contributed by atoms with Gasteiger partial charge in [0, 0.05) is 40.5 Å². The summed E-state index contributed by atoms with van der Waals surface area (Å²) in [5, 5.41) is 4.57. The number of sulfone groups is 1. The molecule has 0 atom stereocenters. The smallest absolute Gasteiger partial charge is 0.265 e. The highest BCUT2D eigenvalue weighted by molar-refractivity contribution is 7.91. The molecule has 35 heavy (non-hydrogen) atoms. The third-order valence-electron chi connectivity index (χ3n) is 5.96. The van der Waals surface area contributed by atoms with Crippen molar-refractivity contribution in [2.75, 3.05) is 23.5 Å². The Hall–Kier alpha value is -2.65. The summed E-state index contributed by atoms with van der Waals surface area (Å²) >= 11 is 13.6. The molecular weight excluding hydrogens is 525 g/mol. The first kappa shape index (κ1) is 25.4. The summed E-state index contributed by atoms with van der Waals surface area (Å²) in [4.78, 5) is 19.7. The van der Waals surface area contributed by atoms with E-state index in [1.807, 2.05) is 36.2 Å². The fourth-order valence-electron chi connectivity index (χ4n) is 3.46. The molecule has 1 amide bonds. The van der Waals surface area contributed by atoms with Crippen molar-refractivity contribution in [2.24, 2.45) is 0 Å². The van der Waals surface area contributed by atoms with Gasteiger partial charge >= 0.3 is 0 Å². The van der Waals surface area contributed by atoms with E-state index in [2.05, 4.69) is 10.3 Å². The largest absolute Gasteiger partial charge is 0.329 e. The summed E-state index contributed by atoms with van der Waals surface area (Å²) in [7, 11) is -1.47. The van der Waals surface area contributed by atoms with E-state index in [-0.39, 0.29) is 11.1 Å². The molecule has 0 spiro atoms. The second-order valence-corrected chi connectivity index (χ2v) is 13.1. The van der Waals surface area contributed by atoms with Crippen molar-refractivity contribution in [1.82, 2.24) is 4.98 Å². The molecule has 0 aliphatic heterocycles. The van der Waals surface area contributed by atoms with E-state index < -0.39 is 14.6 Å². The van der Waals surface area contributed by atoms with Gasteiger partial charge in [-0.1, -0.05) is 29.3 Å². The number of carbonyl (C=O) groups is 1. The monoisotopic (exact) mass is 547 g/mol. The fraction of sp³-hybridized carbons (Fsp3) is 0.200. The molecule has 182 valence electrons. The van der Waals surface area contributed by atoms with Crippen LogP contribution in [0.15, 0.2) is 60.7 Å². The van der Waals surface area contributed by atoms with Gasteiger partial charge in [0.25, 0.3) is 5.91 Å². The summed E-state index contributed by atoms with van der Waals surface area (Å²) in [6.07, 6.45) is 1.22. The number of amides is 1. The lowest BCUT2D eigenvalue weighted by molar-refractivity contribution is 0.103. The number of aromatic nitrogens is 1. The third kappa shape index (κ3) is 5.30. The molecule has 0 aliphatic carbocycles. The number of carbonyl (C=O) groups excluding carboxylic acids is 1. The maximum Gasteiger partial charge on any atom is 0.265 e. The topological polar surface area (TPSA) is 79.4 Å². The van der Waals surface area contributed by atoms with E-state index in [4.69, 9.17) is 23.2 Å². The van der Waals surface area contributed by atoms with Gasteiger partial charge in [-0.25, -0.2) is 13.4 Å². The van der Waals surface area contributed by atoms with Crippen LogP contribution < -0.4 is 10.2 Å². The molecule has 0 saturated carbocycles. The van der Waals surface area contributed by atoms with Crippen molar-refractivity contribution in [3.63, 3.8) is 0 Å². The van der Waals surface area contributed by atoms with Gasteiger partial charge in [-0.2, -0.15) is 0 Å². The number of fused-ring (bicyclic) bond motifs is 1. The first-order valence-electron chi connectivity index (χ1n) is 10.6. The maximum absolute atomic E-state index is 13.0. The Morgan fingerprint density at radius 3 is 2.37 bits per heavy atom. The molecule has 4 rings (SSSR count). The highest BCUT2D eigenvalue weighted by atomic mass is 35.5. The second kappa shape index (κ2) is 9.43. The molecule has 0 saturated heterocycles. The zero-order valence-electron chi connectivity index (χ0n) is 19.5. The minimum Gasteiger partial charge on any atom is -0.329 e. The number of halogens is 2. The molecule has 6 nitrogen and oxygen atoms in total. The number of hydrogen-bond donors (Lipinski definition) is 1. The van der Waals surface area contributed by atoms with E-state index in [0.29, 0.717) is 27.0 Å². The van der Waals surface area contributed by atoms with Gasteiger partial charge in [-0.3, -0.25) is 4.79 Å². The molecule has 0 aliphatic rings. The lowest BCUT2D eigenvalue weighted by atomic mass is 10.0. The van der Waals surface area contributed by atoms with Gasteiger partial charge in [-0.05, 0) is 73.3 Å². The number of benzene rings is 2. The predicted molar refractivity (Wildman–Crippen MR) is 146 cm³/mol. The van der Waals surface area contributed by atoms with Gasteiger partial charge in [0.15, 0.2) is 9.84 Å². The van der Waals surface area contributed by atoms with Crippen LogP contribution in [0.3, 0.4) is 0 Å². The Morgan fingerprint density at radius 2 is 1.71 bits per heavy atom. The van der Waals surface area contributed by atoms with Gasteiger partial charge in [-0.15, -0.1) is 11.3 Å². The number of hydrogen-bond acceptors (Lipinski definition) is 6. The molecule has 2 aromatic heterocycles. The average molecular weight is 549 g/mol. The Balaban J connectivity index is 1.60. The number of pyridine rings is 1. The van der Waals surface area contributed by atoms with Crippen LogP contribution >= 0.6 is 34.5 Å². The molecule has 2 heterocycles. The van der Waals surface area contributed by atoms with Crippen molar-refractivity contribution >= 4 is 77.6 Å². The quantitative estimate of drug-likeness (QED) is 0.265. The van der Waals surface area contributed by atoms with E-state index in [1.54, 1.807) is 50.2 Å². The number of thiophene rings is 1. The lowest BCUT2D eigenvalue weighted by Gasteiger charge is -2.23. The summed E-state index contributed by atoms with van der Waals surface area (Å²) in [5.74, 6) is 0.261. The third-order valence-corrected chi connectivity index (χ3v) is 9.61. The van der Waals surface area contributed by atoms with Gasteiger partial charge < -0.3 is 10.2 Å². The Kier molecular flexibility index (Phi) is 6.85. The number of anilines is 3. The number of nitrogens with zero attached hydrogens (tertiary/aromatic N) is 2. The van der Waals surface area contributed by atoms with E-state index >= 15 is 0 Å². The molecule has 2 aromatic carbocycles. The zero-order chi connectivity index (χ0) is 25.5.